The summed E-state index contributed by atoms with van der Waals surface area (Å²) in [6.45, 7) is -0.947. The number of hydrogen-bond donors (Lipinski definition) is 1. The smallest absolute Gasteiger partial charge is 0.352 e. The van der Waals surface area contributed by atoms with E-state index in [9.17, 15) is 31.2 Å². The van der Waals surface area contributed by atoms with Gasteiger partial charge in [0.25, 0.3) is 0 Å². The number of alkyl halides is 3. The van der Waals surface area contributed by atoms with E-state index >= 15 is 0 Å². The third kappa shape index (κ3) is 8.98. The van der Waals surface area contributed by atoms with E-state index in [0.717, 1.165) is 54.1 Å². The molecular weight excluding hydrogens is 683 g/mol. The maximum Gasteiger partial charge on any atom is 0.416 e. The third-order valence-corrected chi connectivity index (χ3v) is 9.38. The molecule has 0 aromatic heterocycles. The average molecular weight is 715 g/mol. The zero-order valence-corrected chi connectivity index (χ0v) is 27.0. The second-order valence-corrected chi connectivity index (χ2v) is 14.0. The summed E-state index contributed by atoms with van der Waals surface area (Å²) in [5.41, 5.74) is -0.189. The molecule has 0 heterocycles. The van der Waals surface area contributed by atoms with Gasteiger partial charge in [-0.15, -0.1) is 0 Å². The number of anilines is 1. The molecule has 1 fully saturated rings. The first-order valence-corrected chi connectivity index (χ1v) is 17.0. The van der Waals surface area contributed by atoms with Crippen molar-refractivity contribution in [1.29, 1.82) is 0 Å². The van der Waals surface area contributed by atoms with E-state index in [1.807, 2.05) is 30.3 Å². The van der Waals surface area contributed by atoms with E-state index < -0.39 is 51.9 Å². The minimum absolute atomic E-state index is 0.0555. The van der Waals surface area contributed by atoms with E-state index in [2.05, 4.69) is 21.2 Å². The molecule has 3 aromatic carbocycles. The lowest BCUT2D eigenvalue weighted by molar-refractivity contribution is -0.140. The van der Waals surface area contributed by atoms with Crippen LogP contribution in [0.1, 0.15) is 42.4 Å². The highest BCUT2D eigenvalue weighted by atomic mass is 79.9. The number of halogens is 5. The summed E-state index contributed by atoms with van der Waals surface area (Å²) in [6.07, 6.45) is -0.324. The van der Waals surface area contributed by atoms with Crippen LogP contribution in [0.5, 0.6) is 0 Å². The van der Waals surface area contributed by atoms with Crippen molar-refractivity contribution in [1.82, 2.24) is 10.2 Å². The number of nitrogens with zero attached hydrogens (tertiary/aromatic N) is 2. The summed E-state index contributed by atoms with van der Waals surface area (Å²) >= 11 is 9.62. The predicted octanol–water partition coefficient (Wildman–Crippen LogP) is 6.59. The second-order valence-electron chi connectivity index (χ2n) is 10.8. The van der Waals surface area contributed by atoms with E-state index in [0.29, 0.717) is 15.9 Å². The number of rotatable bonds is 11. The Hall–Kier alpha value is -3.09. The zero-order chi connectivity index (χ0) is 32.1. The molecule has 0 saturated heterocycles. The molecule has 1 atom stereocenters. The van der Waals surface area contributed by atoms with Crippen LogP contribution < -0.4 is 9.62 Å². The van der Waals surface area contributed by atoms with Gasteiger partial charge in [-0.2, -0.15) is 13.2 Å². The Labute approximate surface area is 268 Å². The van der Waals surface area contributed by atoms with Crippen molar-refractivity contribution in [3.63, 3.8) is 0 Å². The van der Waals surface area contributed by atoms with Gasteiger partial charge in [-0.1, -0.05) is 82.8 Å². The maximum atomic E-state index is 14.2. The van der Waals surface area contributed by atoms with Gasteiger partial charge in [-0.05, 0) is 54.3 Å². The van der Waals surface area contributed by atoms with Crippen LogP contribution in [0.3, 0.4) is 0 Å². The Bertz CT molecular complexity index is 1590. The Morgan fingerprint density at radius 2 is 1.66 bits per heavy atom. The fourth-order valence-electron chi connectivity index (χ4n) is 5.23. The van der Waals surface area contributed by atoms with Crippen LogP contribution in [-0.4, -0.2) is 50.0 Å². The first kappa shape index (κ1) is 33.8. The Morgan fingerprint density at radius 3 is 2.27 bits per heavy atom. The average Bonchev–Trinajstić information content (AvgIpc) is 3.46. The van der Waals surface area contributed by atoms with Gasteiger partial charge in [-0.3, -0.25) is 13.9 Å². The van der Waals surface area contributed by atoms with Crippen molar-refractivity contribution in [3.05, 3.63) is 99.0 Å². The number of hydrogen-bond acceptors (Lipinski definition) is 4. The monoisotopic (exact) mass is 713 g/mol. The molecule has 0 aliphatic heterocycles. The summed E-state index contributed by atoms with van der Waals surface area (Å²) in [5.74, 6) is -1.18. The fourth-order valence-corrected chi connectivity index (χ4v) is 6.80. The van der Waals surface area contributed by atoms with Crippen LogP contribution in [0.15, 0.2) is 77.3 Å². The topological polar surface area (TPSA) is 86.8 Å². The van der Waals surface area contributed by atoms with Crippen molar-refractivity contribution >= 4 is 55.1 Å². The normalized spacial score (nSPS) is 14.7. The second kappa shape index (κ2) is 14.3. The van der Waals surface area contributed by atoms with Crippen LogP contribution in [0.25, 0.3) is 0 Å². The minimum Gasteiger partial charge on any atom is -0.352 e. The first-order valence-electron chi connectivity index (χ1n) is 13.9. The van der Waals surface area contributed by atoms with Gasteiger partial charge >= 0.3 is 6.18 Å². The maximum absolute atomic E-state index is 14.2. The molecule has 3 aromatic rings. The minimum atomic E-state index is -4.78. The molecular formula is C31H32BrClF3N3O4S. The molecule has 1 aliphatic carbocycles. The molecule has 0 bridgehead atoms. The van der Waals surface area contributed by atoms with Crippen LogP contribution in [0.2, 0.25) is 5.02 Å². The molecule has 1 saturated carbocycles. The first-order chi connectivity index (χ1) is 20.7. The largest absolute Gasteiger partial charge is 0.416 e. The highest BCUT2D eigenvalue weighted by Crippen LogP contribution is 2.36. The Kier molecular flexibility index (Phi) is 11.0. The van der Waals surface area contributed by atoms with E-state index in [4.69, 9.17) is 11.6 Å². The van der Waals surface area contributed by atoms with Gasteiger partial charge in [0.05, 0.1) is 22.5 Å². The molecule has 0 spiro atoms. The number of sulfonamides is 1. The van der Waals surface area contributed by atoms with Crippen molar-refractivity contribution in [3.8, 4) is 0 Å². The highest BCUT2D eigenvalue weighted by Gasteiger charge is 2.36. The standard InChI is InChI=1S/C31H32BrClF3N3O4S/c1-44(42,43)39(27-18-23(31(34,35)36)14-15-26(27)33)20-29(40)38(19-22-10-7-11-24(32)16-22)28(17-21-8-3-2-4-9-21)30(41)37-25-12-5-6-13-25/h2-4,7-11,14-16,18,25,28H,5-6,12-13,17,19-20H2,1H3,(H,37,41). The lowest BCUT2D eigenvalue weighted by atomic mass is 10.0. The highest BCUT2D eigenvalue weighted by molar-refractivity contribution is 9.10. The van der Waals surface area contributed by atoms with Gasteiger partial charge in [0, 0.05) is 23.5 Å². The van der Waals surface area contributed by atoms with Gasteiger partial charge in [0.1, 0.15) is 12.6 Å². The van der Waals surface area contributed by atoms with Crippen molar-refractivity contribution < 1.29 is 31.2 Å². The van der Waals surface area contributed by atoms with Gasteiger partial charge in [0.2, 0.25) is 21.8 Å². The molecule has 1 N–H and O–H groups in total. The van der Waals surface area contributed by atoms with E-state index in [1.54, 1.807) is 24.3 Å². The molecule has 1 unspecified atom stereocenters. The SMILES string of the molecule is CS(=O)(=O)N(CC(=O)N(Cc1cccc(Br)c1)C(Cc1ccccc1)C(=O)NC1CCCC1)c1cc(C(F)(F)F)ccc1Cl. The number of carbonyl (C=O) groups is 2. The van der Waals surface area contributed by atoms with Crippen molar-refractivity contribution in [2.45, 2.75) is 56.9 Å². The third-order valence-electron chi connectivity index (χ3n) is 7.44. The van der Waals surface area contributed by atoms with Gasteiger partial charge in [-0.25, -0.2) is 8.42 Å². The Morgan fingerprint density at radius 1 is 1.00 bits per heavy atom. The van der Waals surface area contributed by atoms with E-state index in [1.165, 1.54) is 4.90 Å². The molecule has 236 valence electrons. The molecule has 4 rings (SSSR count). The molecule has 0 radical (unpaired) electrons. The van der Waals surface area contributed by atoms with Gasteiger partial charge in [0.15, 0.2) is 0 Å². The summed E-state index contributed by atoms with van der Waals surface area (Å²) in [6, 6.07) is 17.3. The summed E-state index contributed by atoms with van der Waals surface area (Å²) < 4.78 is 67.9. The number of amides is 2. The molecule has 2 amide bonds. The number of carbonyl (C=O) groups excluding carboxylic acids is 2. The van der Waals surface area contributed by atoms with Gasteiger partial charge < -0.3 is 10.2 Å². The quantitative estimate of drug-likeness (QED) is 0.243. The summed E-state index contributed by atoms with van der Waals surface area (Å²) in [5, 5.41) is 2.78. The van der Waals surface area contributed by atoms with Crippen molar-refractivity contribution in [2.75, 3.05) is 17.1 Å². The molecule has 7 nitrogen and oxygen atoms in total. The predicted molar refractivity (Wildman–Crippen MR) is 168 cm³/mol. The zero-order valence-electron chi connectivity index (χ0n) is 23.9. The Balaban J connectivity index is 1.77. The number of nitrogens with one attached hydrogen (secondary N) is 1. The lowest BCUT2D eigenvalue weighted by Gasteiger charge is -2.34. The molecule has 1 aliphatic rings. The van der Waals surface area contributed by atoms with E-state index in [-0.39, 0.29) is 24.0 Å². The number of benzene rings is 3. The van der Waals surface area contributed by atoms with Crippen LogP contribution in [-0.2, 0) is 38.8 Å². The van der Waals surface area contributed by atoms with Crippen molar-refractivity contribution in [2.24, 2.45) is 0 Å². The van der Waals surface area contributed by atoms with Crippen LogP contribution in [0, 0.1) is 0 Å². The summed E-state index contributed by atoms with van der Waals surface area (Å²) in [7, 11) is -4.31. The van der Waals surface area contributed by atoms with Crippen LogP contribution >= 0.6 is 27.5 Å². The fraction of sp³-hybridized carbons (Fsp3) is 0.355. The molecule has 13 heteroatoms. The lowest BCUT2D eigenvalue weighted by Crippen LogP contribution is -2.54. The van der Waals surface area contributed by atoms with Crippen LogP contribution in [0.4, 0.5) is 18.9 Å². The molecule has 44 heavy (non-hydrogen) atoms. The summed E-state index contributed by atoms with van der Waals surface area (Å²) in [4.78, 5) is 29.4.